The number of benzene rings is 3. The highest BCUT2D eigenvalue weighted by molar-refractivity contribution is 9.43. The van der Waals surface area contributed by atoms with Crippen molar-refractivity contribution < 1.29 is 83.4 Å². The molecule has 67 heavy (non-hydrogen) atoms. The van der Waals surface area contributed by atoms with Gasteiger partial charge >= 0.3 is 5.97 Å². The lowest BCUT2D eigenvalue weighted by Gasteiger charge is -2.37. The van der Waals surface area contributed by atoms with Gasteiger partial charge in [-0.25, -0.2) is 4.79 Å². The smallest absolute Gasteiger partial charge is 0.347 e. The number of anilines is 1. The van der Waals surface area contributed by atoms with Crippen molar-refractivity contribution >= 4 is 79.0 Å². The van der Waals surface area contributed by atoms with Crippen LogP contribution in [0.1, 0.15) is 36.5 Å². The Morgan fingerprint density at radius 1 is 0.821 bits per heavy atom. The highest BCUT2D eigenvalue weighted by Crippen LogP contribution is 2.99. The average Bonchev–Trinajstić information content (AvgIpc) is 3.25. The van der Waals surface area contributed by atoms with E-state index in [1.54, 1.807) is 53.2 Å². The van der Waals surface area contributed by atoms with Crippen molar-refractivity contribution in [3.63, 3.8) is 0 Å². The number of phenolic OH excluding ortho intramolecular Hbond substituents is 1. The van der Waals surface area contributed by atoms with Crippen LogP contribution in [-0.2, 0) is 50.4 Å². The van der Waals surface area contributed by atoms with Gasteiger partial charge in [-0.05, 0) is 78.5 Å². The lowest BCUT2D eigenvalue weighted by atomic mass is 10.1. The molecule has 2 N–H and O–H groups in total. The molecule has 0 aliphatic carbocycles. The summed E-state index contributed by atoms with van der Waals surface area (Å²) in [6.07, 6.45) is -4.23. The molecule has 1 fully saturated rings. The number of carbonyl (C=O) groups is 3. The number of rotatable bonds is 26. The van der Waals surface area contributed by atoms with E-state index in [0.717, 1.165) is 10.6 Å². The van der Waals surface area contributed by atoms with Gasteiger partial charge in [0.05, 0.1) is 24.3 Å². The summed E-state index contributed by atoms with van der Waals surface area (Å²) >= 11 is 9.40. The van der Waals surface area contributed by atoms with Crippen LogP contribution in [-0.4, -0.2) is 93.9 Å². The van der Waals surface area contributed by atoms with E-state index in [1.165, 1.54) is 25.3 Å². The zero-order valence-corrected chi connectivity index (χ0v) is 38.4. The molecule has 3 atom stereocenters. The van der Waals surface area contributed by atoms with Gasteiger partial charge in [0.15, 0.2) is 11.4 Å². The summed E-state index contributed by atoms with van der Waals surface area (Å²) in [5.41, 5.74) is 0.123. The van der Waals surface area contributed by atoms with Crippen LogP contribution in [0.25, 0.3) is 0 Å². The molecule has 3 unspecified atom stereocenters. The van der Waals surface area contributed by atoms with Gasteiger partial charge < -0.3 is 53.7 Å². The highest BCUT2D eigenvalue weighted by Gasteiger charge is 2.40. The molecule has 1 heterocycles. The third-order valence-corrected chi connectivity index (χ3v) is 32.5. The summed E-state index contributed by atoms with van der Waals surface area (Å²) in [4.78, 5) is 119. The summed E-state index contributed by atoms with van der Waals surface area (Å²) in [6, 6.07) is 18.2. The predicted molar refractivity (Wildman–Crippen MR) is 236 cm³/mol. The average molecular weight is 1040 g/mol. The SMILES string of the molecule is CCC(CO[N+](=O)[O-])ON=O.COc1ccc(NC(=O)CC(CO[N+](=O)[O-])O[N+](=O)[O-])cc1C(=O)Oc1ccc(P2SP(=S)(c3ccc(O)cc3)S2)cc1.O=CCC(CO[N+](=O)[O-])O[N+](=O)[O-]. The van der Waals surface area contributed by atoms with Gasteiger partial charge in [0.1, 0.15) is 61.1 Å². The van der Waals surface area contributed by atoms with E-state index in [2.05, 4.69) is 39.7 Å². The van der Waals surface area contributed by atoms with Crippen LogP contribution in [0, 0.1) is 55.5 Å². The standard InChI is InChI=1S/C24H21N3O11P2S3.C4H6N2O7.C4H8N2O5/c1-35-22-11-2-15(25-23(29)13-18(38-27(33)34)14-36-26(31)32)12-21(22)24(30)37-17-5-7-19(8-6-17)39-42-40(41,43-39)20-9-3-16(28)4-10-20;7-2-1-4(13-6(10)11)3-12-5(8)9;1-2-4(11-5-7)3-10-6(8)9/h2-12,18,28H,13-14H2,1H3,(H,25,29);2,4H,1,3H2;4H,2-3H2,1H3. The van der Waals surface area contributed by atoms with Gasteiger partial charge in [0.2, 0.25) is 5.91 Å². The maximum absolute atomic E-state index is 13.0. The van der Waals surface area contributed by atoms with E-state index < -0.39 is 86.0 Å². The number of carbonyl (C=O) groups excluding carboxylic acids is 3. The number of aromatic hydroxyl groups is 1. The number of ether oxygens (including phenoxy) is 2. The lowest BCUT2D eigenvalue weighted by Crippen LogP contribution is -2.29. The van der Waals surface area contributed by atoms with Gasteiger partial charge in [-0.3, -0.25) is 4.79 Å². The first kappa shape index (κ1) is 56.2. The van der Waals surface area contributed by atoms with Crippen molar-refractivity contribution in [2.24, 2.45) is 5.34 Å². The van der Waals surface area contributed by atoms with Gasteiger partial charge in [0, 0.05) is 17.4 Å². The summed E-state index contributed by atoms with van der Waals surface area (Å²) in [5, 5.41) is 60.8. The van der Waals surface area contributed by atoms with Crippen molar-refractivity contribution in [3.05, 3.63) is 128 Å². The Labute approximate surface area is 388 Å². The molecular weight excluding hydrogens is 1010 g/mol. The second-order valence-electron chi connectivity index (χ2n) is 12.1. The molecule has 1 saturated heterocycles. The minimum Gasteiger partial charge on any atom is -0.508 e. The first-order valence-corrected chi connectivity index (χ1v) is 26.2. The number of esters is 1. The van der Waals surface area contributed by atoms with Gasteiger partial charge in [-0.1, -0.05) is 40.7 Å². The first-order valence-electron chi connectivity index (χ1n) is 18.0. The maximum Gasteiger partial charge on any atom is 0.347 e. The normalized spacial score (nSPS) is 15.6. The summed E-state index contributed by atoms with van der Waals surface area (Å²) in [5.74, 6) is -0.920. The Hall–Kier alpha value is -6.95. The van der Waals surface area contributed by atoms with Crippen molar-refractivity contribution in [1.82, 2.24) is 0 Å². The first-order chi connectivity index (χ1) is 31.7. The molecule has 0 radical (unpaired) electrons. The van der Waals surface area contributed by atoms with E-state index in [9.17, 15) is 75.0 Å². The number of amides is 1. The molecule has 4 rings (SSSR count). The van der Waals surface area contributed by atoms with Crippen molar-refractivity contribution in [2.75, 3.05) is 32.2 Å². The Balaban J connectivity index is 0.000000525. The van der Waals surface area contributed by atoms with Crippen LogP contribution in [0.4, 0.5) is 5.69 Å². The molecule has 1 aliphatic heterocycles. The predicted octanol–water partition coefficient (Wildman–Crippen LogP) is 4.82. The number of aldehydes is 1. The molecule has 35 heteroatoms. The molecule has 1 aliphatic rings. The molecule has 364 valence electrons. The van der Waals surface area contributed by atoms with E-state index in [1.807, 2.05) is 24.3 Å². The van der Waals surface area contributed by atoms with Gasteiger partial charge in [-0.2, -0.15) is 0 Å². The lowest BCUT2D eigenvalue weighted by molar-refractivity contribution is -0.789. The molecule has 3 aromatic rings. The monoisotopic (exact) mass is 1040 g/mol. The van der Waals surface area contributed by atoms with E-state index >= 15 is 0 Å². The third kappa shape index (κ3) is 21.3. The van der Waals surface area contributed by atoms with Crippen LogP contribution < -0.4 is 25.4 Å². The largest absolute Gasteiger partial charge is 0.508 e. The van der Waals surface area contributed by atoms with Gasteiger partial charge in [0.25, 0.3) is 25.4 Å². The second kappa shape index (κ2) is 28.8. The summed E-state index contributed by atoms with van der Waals surface area (Å²) < 4.78 is 8.95. The quantitative estimate of drug-likeness (QED) is 0.0207. The van der Waals surface area contributed by atoms with Crippen molar-refractivity contribution in [1.29, 1.82) is 0 Å². The summed E-state index contributed by atoms with van der Waals surface area (Å²) in [6.45, 7) is -0.0606. The molecule has 0 bridgehead atoms. The van der Waals surface area contributed by atoms with Crippen LogP contribution >= 0.6 is 32.8 Å². The number of hydrogen-bond acceptors (Lipinski definition) is 27. The van der Waals surface area contributed by atoms with Crippen LogP contribution in [0.3, 0.4) is 0 Å². The minimum absolute atomic E-state index is 0.0109. The summed E-state index contributed by atoms with van der Waals surface area (Å²) in [7, 11) is 1.35. The number of hydrogen-bond donors (Lipinski definition) is 2. The van der Waals surface area contributed by atoms with Gasteiger partial charge in [-0.15, -0.1) is 55.5 Å². The Morgan fingerprint density at radius 3 is 1.85 bits per heavy atom. The van der Waals surface area contributed by atoms with E-state index in [0.29, 0.717) is 12.7 Å². The molecule has 30 nitrogen and oxygen atoms in total. The second-order valence-corrected chi connectivity index (χ2v) is 28.7. The number of nitrogens with one attached hydrogen (secondary N) is 1. The molecule has 3 aromatic carbocycles. The third-order valence-electron chi connectivity index (χ3n) is 7.48. The fraction of sp³-hybridized carbons (Fsp3) is 0.344. The van der Waals surface area contributed by atoms with Crippen LogP contribution in [0.5, 0.6) is 17.2 Å². The van der Waals surface area contributed by atoms with Crippen LogP contribution in [0.2, 0.25) is 0 Å². The zero-order chi connectivity index (χ0) is 50.1. The fourth-order valence-electron chi connectivity index (χ4n) is 4.52. The number of nitrogens with zero attached hydrogens (tertiary/aromatic N) is 6. The van der Waals surface area contributed by atoms with E-state index in [-0.39, 0.29) is 41.5 Å². The van der Waals surface area contributed by atoms with Crippen molar-refractivity contribution in [3.8, 4) is 17.2 Å². The molecular formula is C32H35N7O23P2S3. The minimum atomic E-state index is -1.82. The Kier molecular flexibility index (Phi) is 24.2. The highest BCUT2D eigenvalue weighted by atomic mass is 33.7. The van der Waals surface area contributed by atoms with Crippen molar-refractivity contribution in [2.45, 2.75) is 44.5 Å². The van der Waals surface area contributed by atoms with Crippen LogP contribution in [0.15, 0.2) is 72.1 Å². The molecule has 0 aromatic heterocycles. The zero-order valence-electron chi connectivity index (χ0n) is 34.1. The fourth-order valence-corrected chi connectivity index (χ4v) is 30.5. The molecule has 0 spiro atoms. The molecule has 0 saturated carbocycles. The maximum atomic E-state index is 13.0. The number of phenols is 1. The number of methoxy groups -OCH3 is 1. The Bertz CT molecular complexity index is 2240. The van der Waals surface area contributed by atoms with E-state index in [4.69, 9.17) is 21.3 Å². The topological polar surface area (TPSA) is 402 Å². The molecule has 1 amide bonds. The Morgan fingerprint density at radius 2 is 1.36 bits per heavy atom.